The third-order valence-corrected chi connectivity index (χ3v) is 7.34. The molecule has 6 nitrogen and oxygen atoms in total. The zero-order valence-electron chi connectivity index (χ0n) is 18.3. The number of thiophene rings is 1. The van der Waals surface area contributed by atoms with E-state index in [2.05, 4.69) is 15.3 Å². The van der Waals surface area contributed by atoms with E-state index in [4.69, 9.17) is 4.74 Å². The number of fused-ring (bicyclic) bond motifs is 1. The van der Waals surface area contributed by atoms with E-state index >= 15 is 0 Å². The summed E-state index contributed by atoms with van der Waals surface area (Å²) in [5, 5.41) is 3.14. The van der Waals surface area contributed by atoms with Crippen LogP contribution in [0.3, 0.4) is 0 Å². The number of rotatable bonds is 7. The van der Waals surface area contributed by atoms with Gasteiger partial charge < -0.3 is 15.0 Å². The molecule has 2 heterocycles. The van der Waals surface area contributed by atoms with Gasteiger partial charge in [-0.1, -0.05) is 6.07 Å². The Bertz CT molecular complexity index is 1370. The first-order chi connectivity index (χ1) is 15.8. The number of carbonyl (C=O) groups is 1. The van der Waals surface area contributed by atoms with Crippen molar-refractivity contribution in [2.75, 3.05) is 5.32 Å². The van der Waals surface area contributed by atoms with Gasteiger partial charge in [-0.25, -0.2) is 9.37 Å². The summed E-state index contributed by atoms with van der Waals surface area (Å²) in [7, 11) is 0. The summed E-state index contributed by atoms with van der Waals surface area (Å²) in [6.07, 6.45) is 0. The molecule has 9 heteroatoms. The fourth-order valence-corrected chi connectivity index (χ4v) is 4.97. The maximum Gasteiger partial charge on any atom is 0.259 e. The SMILES string of the molecule is Cc1sc2nc(CSC(C)C(=O)Nc3ccc(Oc4cccc(F)c4)cc3)[nH]c(=O)c2c1C. The highest BCUT2D eigenvalue weighted by Gasteiger charge is 2.16. The molecular weight excluding hydrogens is 461 g/mol. The summed E-state index contributed by atoms with van der Waals surface area (Å²) in [6.45, 7) is 5.70. The number of H-pyrrole nitrogens is 1. The molecule has 1 unspecified atom stereocenters. The van der Waals surface area contributed by atoms with E-state index in [-0.39, 0.29) is 22.5 Å². The molecule has 0 fully saturated rings. The average Bonchev–Trinajstić information content (AvgIpc) is 3.07. The van der Waals surface area contributed by atoms with E-state index in [9.17, 15) is 14.0 Å². The number of amides is 1. The lowest BCUT2D eigenvalue weighted by Crippen LogP contribution is -2.23. The molecule has 0 radical (unpaired) electrons. The fourth-order valence-electron chi connectivity index (χ4n) is 3.16. The summed E-state index contributed by atoms with van der Waals surface area (Å²) >= 11 is 2.89. The number of ether oxygens (including phenoxy) is 1. The van der Waals surface area contributed by atoms with Crippen molar-refractivity contribution in [2.24, 2.45) is 0 Å². The Hall–Kier alpha value is -3.17. The molecule has 0 bridgehead atoms. The van der Waals surface area contributed by atoms with Crippen LogP contribution >= 0.6 is 23.1 Å². The van der Waals surface area contributed by atoms with Gasteiger partial charge in [0.1, 0.15) is 28.0 Å². The molecule has 0 spiro atoms. The van der Waals surface area contributed by atoms with Crippen LogP contribution in [0.4, 0.5) is 10.1 Å². The lowest BCUT2D eigenvalue weighted by Gasteiger charge is -2.12. The number of aromatic amines is 1. The van der Waals surface area contributed by atoms with Crippen molar-refractivity contribution < 1.29 is 13.9 Å². The number of anilines is 1. The summed E-state index contributed by atoms with van der Waals surface area (Å²) < 4.78 is 18.9. The van der Waals surface area contributed by atoms with Gasteiger partial charge in [0.25, 0.3) is 5.56 Å². The topological polar surface area (TPSA) is 84.1 Å². The van der Waals surface area contributed by atoms with E-state index in [1.807, 2.05) is 13.8 Å². The number of benzene rings is 2. The number of nitrogens with one attached hydrogen (secondary N) is 2. The lowest BCUT2D eigenvalue weighted by molar-refractivity contribution is -0.115. The number of aryl methyl sites for hydroxylation is 2. The summed E-state index contributed by atoms with van der Waals surface area (Å²) in [4.78, 5) is 34.2. The van der Waals surface area contributed by atoms with E-state index < -0.39 is 0 Å². The van der Waals surface area contributed by atoms with Crippen molar-refractivity contribution >= 4 is 44.9 Å². The maximum atomic E-state index is 13.3. The molecule has 170 valence electrons. The molecule has 2 aromatic carbocycles. The largest absolute Gasteiger partial charge is 0.457 e. The predicted molar refractivity (Wildman–Crippen MR) is 132 cm³/mol. The van der Waals surface area contributed by atoms with Crippen LogP contribution in [-0.2, 0) is 10.5 Å². The van der Waals surface area contributed by atoms with Crippen molar-refractivity contribution in [1.29, 1.82) is 0 Å². The maximum absolute atomic E-state index is 13.3. The van der Waals surface area contributed by atoms with Gasteiger partial charge in [0, 0.05) is 16.6 Å². The van der Waals surface area contributed by atoms with E-state index in [1.54, 1.807) is 43.3 Å². The molecule has 33 heavy (non-hydrogen) atoms. The van der Waals surface area contributed by atoms with Crippen molar-refractivity contribution in [1.82, 2.24) is 9.97 Å². The van der Waals surface area contributed by atoms with Crippen LogP contribution < -0.4 is 15.6 Å². The van der Waals surface area contributed by atoms with Gasteiger partial charge in [-0.3, -0.25) is 9.59 Å². The van der Waals surface area contributed by atoms with Crippen molar-refractivity contribution in [3.63, 3.8) is 0 Å². The minimum absolute atomic E-state index is 0.143. The first kappa shape index (κ1) is 23.0. The number of hydrogen-bond acceptors (Lipinski definition) is 6. The molecule has 2 N–H and O–H groups in total. The van der Waals surface area contributed by atoms with Crippen LogP contribution in [0.5, 0.6) is 11.5 Å². The first-order valence-electron chi connectivity index (χ1n) is 10.2. The van der Waals surface area contributed by atoms with Gasteiger partial charge >= 0.3 is 0 Å². The zero-order valence-corrected chi connectivity index (χ0v) is 19.9. The molecule has 2 aromatic heterocycles. The van der Waals surface area contributed by atoms with Gasteiger partial charge in [0.15, 0.2) is 0 Å². The quantitative estimate of drug-likeness (QED) is 0.347. The van der Waals surface area contributed by atoms with Gasteiger partial charge in [-0.15, -0.1) is 23.1 Å². The standard InChI is InChI=1S/C24H22FN3O3S2/c1-13-14(2)33-24-21(13)23(30)27-20(28-24)12-32-15(3)22(29)26-17-7-9-18(10-8-17)31-19-6-4-5-16(25)11-19/h4-11,15H,12H2,1-3H3,(H,26,29)(H,27,28,30). The minimum Gasteiger partial charge on any atom is -0.457 e. The summed E-state index contributed by atoms with van der Waals surface area (Å²) in [5.41, 5.74) is 1.44. The predicted octanol–water partition coefficient (Wildman–Crippen LogP) is 5.79. The Morgan fingerprint density at radius 3 is 2.70 bits per heavy atom. The summed E-state index contributed by atoms with van der Waals surface area (Å²) in [5.74, 6) is 1.36. The summed E-state index contributed by atoms with van der Waals surface area (Å²) in [6, 6.07) is 12.7. The molecule has 0 saturated carbocycles. The normalized spacial score (nSPS) is 12.0. The molecular formula is C24H22FN3O3S2. The Balaban J connectivity index is 1.34. The second-order valence-electron chi connectivity index (χ2n) is 7.50. The van der Waals surface area contributed by atoms with Gasteiger partial charge in [-0.2, -0.15) is 0 Å². The zero-order chi connectivity index (χ0) is 23.5. The molecule has 0 saturated heterocycles. The lowest BCUT2D eigenvalue weighted by atomic mass is 10.2. The third-order valence-electron chi connectivity index (χ3n) is 5.08. The Kier molecular flexibility index (Phi) is 6.80. The number of nitrogens with zero attached hydrogens (tertiary/aromatic N) is 1. The smallest absolute Gasteiger partial charge is 0.259 e. The van der Waals surface area contributed by atoms with E-state index in [0.717, 1.165) is 15.3 Å². The first-order valence-corrected chi connectivity index (χ1v) is 12.1. The van der Waals surface area contributed by atoms with Crippen molar-refractivity contribution in [3.8, 4) is 11.5 Å². The van der Waals surface area contributed by atoms with Crippen LogP contribution in [0.1, 0.15) is 23.2 Å². The second kappa shape index (κ2) is 9.76. The Morgan fingerprint density at radius 2 is 1.97 bits per heavy atom. The average molecular weight is 484 g/mol. The Morgan fingerprint density at radius 1 is 1.21 bits per heavy atom. The highest BCUT2D eigenvalue weighted by molar-refractivity contribution is 7.99. The molecule has 4 rings (SSSR count). The minimum atomic E-state index is -0.373. The van der Waals surface area contributed by atoms with E-state index in [1.165, 1.54) is 35.2 Å². The number of hydrogen-bond donors (Lipinski definition) is 2. The molecule has 0 aliphatic heterocycles. The number of aromatic nitrogens is 2. The Labute approximate surface area is 198 Å². The number of halogens is 1. The second-order valence-corrected chi connectivity index (χ2v) is 10.0. The van der Waals surface area contributed by atoms with Crippen LogP contribution in [0.2, 0.25) is 0 Å². The molecule has 1 atom stereocenters. The van der Waals surface area contributed by atoms with Crippen LogP contribution in [0.15, 0.2) is 53.3 Å². The number of thioether (sulfide) groups is 1. The number of carbonyl (C=O) groups excluding carboxylic acids is 1. The molecule has 0 aliphatic rings. The van der Waals surface area contributed by atoms with Gasteiger partial charge in [-0.05, 0) is 62.7 Å². The van der Waals surface area contributed by atoms with Gasteiger partial charge in [0.05, 0.1) is 16.4 Å². The molecule has 4 aromatic rings. The van der Waals surface area contributed by atoms with Gasteiger partial charge in [0.2, 0.25) is 5.91 Å². The van der Waals surface area contributed by atoms with Crippen LogP contribution in [0.25, 0.3) is 10.2 Å². The van der Waals surface area contributed by atoms with Crippen molar-refractivity contribution in [2.45, 2.75) is 31.8 Å². The molecule has 0 aliphatic carbocycles. The van der Waals surface area contributed by atoms with E-state index in [0.29, 0.717) is 34.1 Å². The fraction of sp³-hybridized carbons (Fsp3) is 0.208. The van der Waals surface area contributed by atoms with Crippen LogP contribution in [-0.4, -0.2) is 21.1 Å². The highest BCUT2D eigenvalue weighted by Crippen LogP contribution is 2.27. The van der Waals surface area contributed by atoms with Crippen LogP contribution in [0, 0.1) is 19.7 Å². The third kappa shape index (κ3) is 5.43. The molecule has 1 amide bonds. The monoisotopic (exact) mass is 483 g/mol. The highest BCUT2D eigenvalue weighted by atomic mass is 32.2. The van der Waals surface area contributed by atoms with Crippen molar-refractivity contribution in [3.05, 3.63) is 81.0 Å².